The molecule has 13 heavy (non-hydrogen) atoms. The third kappa shape index (κ3) is 2.46. The molecule has 2 unspecified atom stereocenters. The number of aliphatic hydroxyl groups is 1. The molecular formula is C12H22O. The lowest BCUT2D eigenvalue weighted by Gasteiger charge is -2.25. The SMILES string of the molecule is OC1CCCC1CC1CCCCC1. The van der Waals surface area contributed by atoms with Gasteiger partial charge in [-0.15, -0.1) is 0 Å². The Bertz CT molecular complexity index is 149. The van der Waals surface area contributed by atoms with Crippen LogP contribution < -0.4 is 0 Å². The molecule has 0 amide bonds. The molecule has 2 fully saturated rings. The van der Waals surface area contributed by atoms with Gasteiger partial charge in [0, 0.05) is 0 Å². The second-order valence-electron chi connectivity index (χ2n) is 5.00. The molecule has 1 heteroatoms. The molecule has 76 valence electrons. The zero-order valence-electron chi connectivity index (χ0n) is 8.54. The van der Waals surface area contributed by atoms with Gasteiger partial charge in [-0.1, -0.05) is 38.5 Å². The van der Waals surface area contributed by atoms with Gasteiger partial charge in [0.05, 0.1) is 6.10 Å². The van der Waals surface area contributed by atoms with Crippen molar-refractivity contribution >= 4 is 0 Å². The summed E-state index contributed by atoms with van der Waals surface area (Å²) >= 11 is 0. The maximum absolute atomic E-state index is 9.72. The molecule has 2 aliphatic rings. The van der Waals surface area contributed by atoms with Crippen LogP contribution in [0.15, 0.2) is 0 Å². The van der Waals surface area contributed by atoms with E-state index in [0.717, 1.165) is 12.3 Å². The van der Waals surface area contributed by atoms with Crippen molar-refractivity contribution in [2.45, 2.75) is 63.9 Å². The molecule has 0 radical (unpaired) electrons. The molecule has 2 atom stereocenters. The summed E-state index contributed by atoms with van der Waals surface area (Å²) in [6.45, 7) is 0. The first kappa shape index (κ1) is 9.51. The first-order valence-electron chi connectivity index (χ1n) is 6.04. The van der Waals surface area contributed by atoms with Gasteiger partial charge in [-0.2, -0.15) is 0 Å². The molecule has 0 saturated heterocycles. The van der Waals surface area contributed by atoms with Crippen molar-refractivity contribution in [3.63, 3.8) is 0 Å². The summed E-state index contributed by atoms with van der Waals surface area (Å²) in [6, 6.07) is 0. The van der Waals surface area contributed by atoms with Crippen LogP contribution in [0.1, 0.15) is 57.8 Å². The van der Waals surface area contributed by atoms with Crippen molar-refractivity contribution in [2.75, 3.05) is 0 Å². The zero-order valence-corrected chi connectivity index (χ0v) is 8.54. The van der Waals surface area contributed by atoms with Crippen LogP contribution in [0.3, 0.4) is 0 Å². The van der Waals surface area contributed by atoms with Gasteiger partial charge < -0.3 is 5.11 Å². The fourth-order valence-electron chi connectivity index (χ4n) is 3.14. The lowest BCUT2D eigenvalue weighted by molar-refractivity contribution is 0.111. The van der Waals surface area contributed by atoms with E-state index in [-0.39, 0.29) is 6.10 Å². The largest absolute Gasteiger partial charge is 0.393 e. The summed E-state index contributed by atoms with van der Waals surface area (Å²) < 4.78 is 0. The highest BCUT2D eigenvalue weighted by atomic mass is 16.3. The molecule has 0 aromatic heterocycles. The maximum atomic E-state index is 9.72. The second kappa shape index (κ2) is 4.45. The minimum absolute atomic E-state index is 0.0435. The van der Waals surface area contributed by atoms with Crippen molar-refractivity contribution in [3.8, 4) is 0 Å². The Morgan fingerprint density at radius 2 is 1.62 bits per heavy atom. The molecule has 0 spiro atoms. The molecule has 2 aliphatic carbocycles. The highest BCUT2D eigenvalue weighted by Gasteiger charge is 2.28. The van der Waals surface area contributed by atoms with Crippen LogP contribution in [0, 0.1) is 11.8 Å². The van der Waals surface area contributed by atoms with E-state index < -0.39 is 0 Å². The number of rotatable bonds is 2. The van der Waals surface area contributed by atoms with Gasteiger partial charge in [-0.25, -0.2) is 0 Å². The first-order valence-corrected chi connectivity index (χ1v) is 6.04. The van der Waals surface area contributed by atoms with Gasteiger partial charge in [-0.3, -0.25) is 0 Å². The van der Waals surface area contributed by atoms with Gasteiger partial charge >= 0.3 is 0 Å². The third-order valence-corrected chi connectivity index (χ3v) is 3.98. The standard InChI is InChI=1S/C12H22O/c13-12-8-4-7-11(12)9-10-5-2-1-3-6-10/h10-13H,1-9H2. The second-order valence-corrected chi connectivity index (χ2v) is 5.00. The Morgan fingerprint density at radius 3 is 2.23 bits per heavy atom. The lowest BCUT2D eigenvalue weighted by atomic mass is 9.82. The van der Waals surface area contributed by atoms with Crippen LogP contribution in [-0.2, 0) is 0 Å². The van der Waals surface area contributed by atoms with Gasteiger partial charge in [0.2, 0.25) is 0 Å². The average Bonchev–Trinajstić information content (AvgIpc) is 2.54. The summed E-state index contributed by atoms with van der Waals surface area (Å²) in [5.41, 5.74) is 0. The van der Waals surface area contributed by atoms with Crippen LogP contribution >= 0.6 is 0 Å². The van der Waals surface area contributed by atoms with Crippen LogP contribution in [-0.4, -0.2) is 11.2 Å². The summed E-state index contributed by atoms with van der Waals surface area (Å²) in [6.07, 6.45) is 12.2. The fourth-order valence-corrected chi connectivity index (χ4v) is 3.14. The van der Waals surface area contributed by atoms with E-state index in [1.54, 1.807) is 0 Å². The summed E-state index contributed by atoms with van der Waals surface area (Å²) in [7, 11) is 0. The molecule has 0 heterocycles. The first-order chi connectivity index (χ1) is 6.36. The quantitative estimate of drug-likeness (QED) is 0.695. The molecule has 0 bridgehead atoms. The van der Waals surface area contributed by atoms with E-state index in [1.807, 2.05) is 0 Å². The normalized spacial score (nSPS) is 36.7. The predicted octanol–water partition coefficient (Wildman–Crippen LogP) is 3.12. The van der Waals surface area contributed by atoms with Crippen molar-refractivity contribution in [2.24, 2.45) is 11.8 Å². The lowest BCUT2D eigenvalue weighted by Crippen LogP contribution is -2.18. The van der Waals surface area contributed by atoms with E-state index >= 15 is 0 Å². The Morgan fingerprint density at radius 1 is 0.846 bits per heavy atom. The fraction of sp³-hybridized carbons (Fsp3) is 1.00. The van der Waals surface area contributed by atoms with Crippen molar-refractivity contribution in [3.05, 3.63) is 0 Å². The Kier molecular flexibility index (Phi) is 3.26. The molecule has 1 N–H and O–H groups in total. The van der Waals surface area contributed by atoms with E-state index in [0.29, 0.717) is 5.92 Å². The minimum atomic E-state index is 0.0435. The number of hydrogen-bond acceptors (Lipinski definition) is 1. The van der Waals surface area contributed by atoms with Gasteiger partial charge in [0.25, 0.3) is 0 Å². The van der Waals surface area contributed by atoms with E-state index in [2.05, 4.69) is 0 Å². The van der Waals surface area contributed by atoms with E-state index in [4.69, 9.17) is 0 Å². The molecular weight excluding hydrogens is 160 g/mol. The van der Waals surface area contributed by atoms with Gasteiger partial charge in [-0.05, 0) is 31.1 Å². The average molecular weight is 182 g/mol. The molecule has 0 aliphatic heterocycles. The van der Waals surface area contributed by atoms with Crippen molar-refractivity contribution in [1.82, 2.24) is 0 Å². The third-order valence-electron chi connectivity index (χ3n) is 3.98. The van der Waals surface area contributed by atoms with Gasteiger partial charge in [0.1, 0.15) is 0 Å². The minimum Gasteiger partial charge on any atom is -0.393 e. The summed E-state index contributed by atoms with van der Waals surface area (Å²) in [4.78, 5) is 0. The monoisotopic (exact) mass is 182 g/mol. The maximum Gasteiger partial charge on any atom is 0.0568 e. The molecule has 0 aromatic rings. The smallest absolute Gasteiger partial charge is 0.0568 e. The van der Waals surface area contributed by atoms with Crippen LogP contribution in [0.5, 0.6) is 0 Å². The molecule has 1 nitrogen and oxygen atoms in total. The van der Waals surface area contributed by atoms with Crippen LogP contribution in [0.4, 0.5) is 0 Å². The molecule has 2 rings (SSSR count). The Balaban J connectivity index is 1.75. The van der Waals surface area contributed by atoms with Gasteiger partial charge in [0.15, 0.2) is 0 Å². The summed E-state index contributed by atoms with van der Waals surface area (Å²) in [5.74, 6) is 1.61. The molecule has 0 aromatic carbocycles. The molecule has 2 saturated carbocycles. The Labute approximate surface area is 81.5 Å². The summed E-state index contributed by atoms with van der Waals surface area (Å²) in [5, 5.41) is 9.72. The highest BCUT2D eigenvalue weighted by Crippen LogP contribution is 2.36. The van der Waals surface area contributed by atoms with E-state index in [9.17, 15) is 5.11 Å². The predicted molar refractivity (Wildman–Crippen MR) is 54.5 cm³/mol. The van der Waals surface area contributed by atoms with Crippen molar-refractivity contribution in [1.29, 1.82) is 0 Å². The van der Waals surface area contributed by atoms with Crippen LogP contribution in [0.2, 0.25) is 0 Å². The highest BCUT2D eigenvalue weighted by molar-refractivity contribution is 4.80. The number of aliphatic hydroxyl groups excluding tert-OH is 1. The number of hydrogen-bond donors (Lipinski definition) is 1. The topological polar surface area (TPSA) is 20.2 Å². The van der Waals surface area contributed by atoms with E-state index in [1.165, 1.54) is 51.4 Å². The Hall–Kier alpha value is -0.0400. The van der Waals surface area contributed by atoms with Crippen molar-refractivity contribution < 1.29 is 5.11 Å². The zero-order chi connectivity index (χ0) is 9.10. The van der Waals surface area contributed by atoms with Crippen LogP contribution in [0.25, 0.3) is 0 Å².